The van der Waals surface area contributed by atoms with Gasteiger partial charge in [0.15, 0.2) is 0 Å². The lowest BCUT2D eigenvalue weighted by Gasteiger charge is -2.09. The van der Waals surface area contributed by atoms with Gasteiger partial charge in [-0.1, -0.05) is 78.9 Å². The maximum Gasteiger partial charge on any atom is 0.0714 e. The van der Waals surface area contributed by atoms with Gasteiger partial charge in [0.05, 0.1) is 5.69 Å². The molecule has 0 saturated carbocycles. The van der Waals surface area contributed by atoms with Crippen molar-refractivity contribution in [2.24, 2.45) is 0 Å². The van der Waals surface area contributed by atoms with Gasteiger partial charge in [0.1, 0.15) is 0 Å². The Balaban J connectivity index is 1.80. The minimum atomic E-state index is 1.02. The van der Waals surface area contributed by atoms with E-state index >= 15 is 0 Å². The summed E-state index contributed by atoms with van der Waals surface area (Å²) in [5, 5.41) is 7.43. The molecule has 0 fully saturated rings. The van der Waals surface area contributed by atoms with Crippen LogP contribution < -0.4 is 0 Å². The molecule has 1 heterocycles. The van der Waals surface area contributed by atoms with Crippen LogP contribution in [0, 0.1) is 0 Å². The average molecular weight is 305 g/mol. The van der Waals surface area contributed by atoms with Gasteiger partial charge in [-0.15, -0.1) is 0 Å². The highest BCUT2D eigenvalue weighted by atomic mass is 14.7. The summed E-state index contributed by atoms with van der Waals surface area (Å²) in [4.78, 5) is 4.78. The van der Waals surface area contributed by atoms with Crippen molar-refractivity contribution in [2.75, 3.05) is 0 Å². The molecule has 5 aromatic rings. The van der Waals surface area contributed by atoms with E-state index in [2.05, 4.69) is 84.9 Å². The van der Waals surface area contributed by atoms with Gasteiger partial charge in [0, 0.05) is 17.1 Å². The Hall–Kier alpha value is -3.19. The van der Waals surface area contributed by atoms with Crippen molar-refractivity contribution < 1.29 is 0 Å². The second kappa shape index (κ2) is 5.17. The van der Waals surface area contributed by atoms with Crippen LogP contribution in [0.5, 0.6) is 0 Å². The van der Waals surface area contributed by atoms with E-state index in [1.54, 1.807) is 0 Å². The average Bonchev–Trinajstić information content (AvgIpc) is 2.67. The number of hydrogen-bond donors (Lipinski definition) is 0. The van der Waals surface area contributed by atoms with Crippen LogP contribution in [0.3, 0.4) is 0 Å². The van der Waals surface area contributed by atoms with E-state index in [0.29, 0.717) is 0 Å². The molecule has 24 heavy (non-hydrogen) atoms. The monoisotopic (exact) mass is 305 g/mol. The van der Waals surface area contributed by atoms with Crippen LogP contribution in [0.2, 0.25) is 0 Å². The Kier molecular flexibility index (Phi) is 2.86. The first kappa shape index (κ1) is 13.3. The van der Waals surface area contributed by atoms with Crippen LogP contribution in [-0.4, -0.2) is 4.98 Å². The molecular weight excluding hydrogens is 290 g/mol. The quantitative estimate of drug-likeness (QED) is 0.336. The lowest BCUT2D eigenvalue weighted by Crippen LogP contribution is -1.87. The van der Waals surface area contributed by atoms with Crippen LogP contribution in [-0.2, 0) is 0 Å². The van der Waals surface area contributed by atoms with Gasteiger partial charge in [-0.05, 0) is 33.0 Å². The maximum atomic E-state index is 4.78. The Morgan fingerprint density at radius 3 is 2.04 bits per heavy atom. The van der Waals surface area contributed by atoms with Crippen molar-refractivity contribution >= 4 is 32.3 Å². The number of benzene rings is 4. The highest BCUT2D eigenvalue weighted by molar-refractivity contribution is 6.08. The van der Waals surface area contributed by atoms with Gasteiger partial charge in [0.25, 0.3) is 0 Å². The largest absolute Gasteiger partial charge is 0.256 e. The molecule has 0 saturated heterocycles. The molecule has 0 radical (unpaired) electrons. The predicted octanol–water partition coefficient (Wildman–Crippen LogP) is 6.21. The van der Waals surface area contributed by atoms with E-state index in [-0.39, 0.29) is 0 Å². The first-order chi connectivity index (χ1) is 11.9. The number of rotatable bonds is 1. The molecule has 4 aromatic carbocycles. The summed E-state index contributed by atoms with van der Waals surface area (Å²) in [6.07, 6.45) is 2.01. The highest BCUT2D eigenvalue weighted by Crippen LogP contribution is 2.31. The molecular formula is C23H15N. The van der Waals surface area contributed by atoms with E-state index < -0.39 is 0 Å². The molecule has 0 aliphatic heterocycles. The van der Waals surface area contributed by atoms with E-state index in [0.717, 1.165) is 5.69 Å². The van der Waals surface area contributed by atoms with Crippen LogP contribution >= 0.6 is 0 Å². The smallest absolute Gasteiger partial charge is 0.0714 e. The molecule has 0 aliphatic carbocycles. The SMILES string of the molecule is c1ccc2c(-c3cc4ccc5ccccc5c4cn3)cccc2c1. The van der Waals surface area contributed by atoms with Gasteiger partial charge >= 0.3 is 0 Å². The Morgan fingerprint density at radius 1 is 0.500 bits per heavy atom. The summed E-state index contributed by atoms with van der Waals surface area (Å²) in [7, 11) is 0. The van der Waals surface area contributed by atoms with Crippen LogP contribution in [0.25, 0.3) is 43.6 Å². The first-order valence-electron chi connectivity index (χ1n) is 8.16. The van der Waals surface area contributed by atoms with Gasteiger partial charge in [0.2, 0.25) is 0 Å². The topological polar surface area (TPSA) is 12.9 Å². The molecule has 0 N–H and O–H groups in total. The number of aromatic nitrogens is 1. The van der Waals surface area contributed by atoms with Crippen LogP contribution in [0.1, 0.15) is 0 Å². The Labute approximate surface area is 140 Å². The van der Waals surface area contributed by atoms with Crippen LogP contribution in [0.15, 0.2) is 91.1 Å². The minimum Gasteiger partial charge on any atom is -0.256 e. The van der Waals surface area contributed by atoms with E-state index in [1.807, 2.05) is 6.20 Å². The third-order valence-electron chi connectivity index (χ3n) is 4.69. The molecule has 1 heteroatoms. The van der Waals surface area contributed by atoms with E-state index in [9.17, 15) is 0 Å². The molecule has 112 valence electrons. The minimum absolute atomic E-state index is 1.02. The second-order valence-electron chi connectivity index (χ2n) is 6.10. The fraction of sp³-hybridized carbons (Fsp3) is 0. The zero-order valence-corrected chi connectivity index (χ0v) is 13.1. The molecule has 1 nitrogen and oxygen atoms in total. The zero-order valence-electron chi connectivity index (χ0n) is 13.1. The van der Waals surface area contributed by atoms with Gasteiger partial charge in [-0.2, -0.15) is 0 Å². The molecule has 0 atom stereocenters. The molecule has 1 aromatic heterocycles. The predicted molar refractivity (Wildman–Crippen MR) is 102 cm³/mol. The summed E-state index contributed by atoms with van der Waals surface area (Å²) < 4.78 is 0. The molecule has 0 bridgehead atoms. The fourth-order valence-corrected chi connectivity index (χ4v) is 3.50. The van der Waals surface area contributed by atoms with Crippen molar-refractivity contribution in [2.45, 2.75) is 0 Å². The zero-order chi connectivity index (χ0) is 15.9. The van der Waals surface area contributed by atoms with Crippen molar-refractivity contribution in [3.63, 3.8) is 0 Å². The van der Waals surface area contributed by atoms with E-state index in [1.165, 1.54) is 37.9 Å². The van der Waals surface area contributed by atoms with Crippen molar-refractivity contribution in [1.29, 1.82) is 0 Å². The molecule has 5 rings (SSSR count). The first-order valence-corrected chi connectivity index (χ1v) is 8.16. The van der Waals surface area contributed by atoms with Crippen molar-refractivity contribution in [3.05, 3.63) is 91.1 Å². The third-order valence-corrected chi connectivity index (χ3v) is 4.69. The maximum absolute atomic E-state index is 4.78. The number of fused-ring (bicyclic) bond motifs is 4. The number of nitrogens with zero attached hydrogens (tertiary/aromatic N) is 1. The summed E-state index contributed by atoms with van der Waals surface area (Å²) in [6, 6.07) is 29.9. The number of hydrogen-bond acceptors (Lipinski definition) is 1. The second-order valence-corrected chi connectivity index (χ2v) is 6.10. The molecule has 0 spiro atoms. The van der Waals surface area contributed by atoms with E-state index in [4.69, 9.17) is 4.98 Å². The highest BCUT2D eigenvalue weighted by Gasteiger charge is 2.07. The van der Waals surface area contributed by atoms with Gasteiger partial charge < -0.3 is 0 Å². The lowest BCUT2D eigenvalue weighted by atomic mass is 9.99. The standard InChI is InChI=1S/C23H15N/c1-3-9-19-16(6-1)8-5-11-21(19)23-14-18-13-12-17-7-2-4-10-20(17)22(18)15-24-23/h1-15H. The Bertz CT molecular complexity index is 1200. The van der Waals surface area contributed by atoms with Crippen LogP contribution in [0.4, 0.5) is 0 Å². The van der Waals surface area contributed by atoms with Gasteiger partial charge in [-0.25, -0.2) is 0 Å². The van der Waals surface area contributed by atoms with Crippen molar-refractivity contribution in [3.8, 4) is 11.3 Å². The summed E-state index contributed by atoms with van der Waals surface area (Å²) >= 11 is 0. The Morgan fingerprint density at radius 2 is 1.17 bits per heavy atom. The number of pyridine rings is 1. The summed E-state index contributed by atoms with van der Waals surface area (Å²) in [6.45, 7) is 0. The summed E-state index contributed by atoms with van der Waals surface area (Å²) in [5.74, 6) is 0. The molecule has 0 unspecified atom stereocenters. The molecule has 0 amide bonds. The third kappa shape index (κ3) is 1.99. The molecule has 0 aliphatic rings. The lowest BCUT2D eigenvalue weighted by molar-refractivity contribution is 1.37. The van der Waals surface area contributed by atoms with Crippen molar-refractivity contribution in [1.82, 2.24) is 4.98 Å². The normalized spacial score (nSPS) is 11.3. The fourth-order valence-electron chi connectivity index (χ4n) is 3.50. The summed E-state index contributed by atoms with van der Waals surface area (Å²) in [5.41, 5.74) is 2.21. The van der Waals surface area contributed by atoms with Gasteiger partial charge in [-0.3, -0.25) is 4.98 Å².